The Kier molecular flexibility index (Phi) is 3.42. The fourth-order valence-electron chi connectivity index (χ4n) is 0.498. The van der Waals surface area contributed by atoms with E-state index in [0.717, 1.165) is 6.42 Å². The molecule has 0 radical (unpaired) electrons. The minimum absolute atomic E-state index is 0.620. The van der Waals surface area contributed by atoms with Crippen molar-refractivity contribution < 1.29 is 0 Å². The summed E-state index contributed by atoms with van der Waals surface area (Å²) in [5, 5.41) is 0. The third kappa shape index (κ3) is 2.73. The summed E-state index contributed by atoms with van der Waals surface area (Å²) in [6.07, 6.45) is 3.28. The molecule has 0 heteroatoms. The summed E-state index contributed by atoms with van der Waals surface area (Å²) < 4.78 is 0. The standard InChI is InChI=1S/C8H15/c1-5-6-8(4)7(2)3/h6-7H,4-5H2,1-3H3/q-1. The van der Waals surface area contributed by atoms with Gasteiger partial charge in [0, 0.05) is 0 Å². The highest BCUT2D eigenvalue weighted by molar-refractivity contribution is 5.09. The average Bonchev–Trinajstić information content (AvgIpc) is 1.67. The first-order valence-electron chi connectivity index (χ1n) is 3.20. The average molecular weight is 111 g/mol. The molecule has 0 aromatic rings. The zero-order chi connectivity index (χ0) is 6.57. The van der Waals surface area contributed by atoms with Crippen molar-refractivity contribution in [3.05, 3.63) is 18.6 Å². The lowest BCUT2D eigenvalue weighted by molar-refractivity contribution is 0.768. The van der Waals surface area contributed by atoms with Gasteiger partial charge in [0.05, 0.1) is 0 Å². The van der Waals surface area contributed by atoms with Crippen molar-refractivity contribution in [3.8, 4) is 0 Å². The fraction of sp³-hybridized carbons (Fsp3) is 0.625. The summed E-state index contributed by atoms with van der Waals surface area (Å²) in [5.41, 5.74) is 1.26. The molecule has 0 fully saturated rings. The summed E-state index contributed by atoms with van der Waals surface area (Å²) in [7, 11) is 0. The third-order valence-corrected chi connectivity index (χ3v) is 1.21. The molecule has 0 spiro atoms. The van der Waals surface area contributed by atoms with Gasteiger partial charge in [-0.25, -0.2) is 18.6 Å². The van der Waals surface area contributed by atoms with Crippen LogP contribution >= 0.6 is 0 Å². The van der Waals surface area contributed by atoms with Gasteiger partial charge in [-0.05, 0) is 0 Å². The second-order valence-corrected chi connectivity index (χ2v) is 2.34. The van der Waals surface area contributed by atoms with Crippen molar-refractivity contribution >= 4 is 0 Å². The minimum atomic E-state index is 0.620. The molecule has 0 heterocycles. The van der Waals surface area contributed by atoms with E-state index in [9.17, 15) is 0 Å². The molecule has 0 saturated heterocycles. The van der Waals surface area contributed by atoms with Crippen molar-refractivity contribution in [1.82, 2.24) is 0 Å². The van der Waals surface area contributed by atoms with Gasteiger partial charge in [0.2, 0.25) is 0 Å². The molecule has 0 rings (SSSR count). The lowest BCUT2D eigenvalue weighted by Gasteiger charge is -2.15. The monoisotopic (exact) mass is 111 g/mol. The number of rotatable bonds is 3. The molecule has 0 N–H and O–H groups in total. The molecule has 0 bridgehead atoms. The summed E-state index contributed by atoms with van der Waals surface area (Å²) in [5.74, 6) is 0.620. The normalized spacial score (nSPS) is 9.50. The van der Waals surface area contributed by atoms with E-state index in [2.05, 4.69) is 33.8 Å². The molecule has 48 valence electrons. The van der Waals surface area contributed by atoms with E-state index >= 15 is 0 Å². The van der Waals surface area contributed by atoms with Crippen LogP contribution in [0, 0.1) is 12.3 Å². The number of hydrogen-bond donors (Lipinski definition) is 0. The van der Waals surface area contributed by atoms with Crippen LogP contribution in [0.1, 0.15) is 27.2 Å². The molecule has 0 aromatic carbocycles. The Morgan fingerprint density at radius 2 is 2.12 bits per heavy atom. The highest BCUT2D eigenvalue weighted by atomic mass is 14.0. The zero-order valence-electron chi connectivity index (χ0n) is 6.07. The second-order valence-electron chi connectivity index (χ2n) is 2.34. The first-order valence-corrected chi connectivity index (χ1v) is 3.20. The Morgan fingerprint density at radius 1 is 1.62 bits per heavy atom. The van der Waals surface area contributed by atoms with Crippen LogP contribution in [0.25, 0.3) is 0 Å². The maximum Gasteiger partial charge on any atom is -0.0552 e. The van der Waals surface area contributed by atoms with Gasteiger partial charge in [0.25, 0.3) is 0 Å². The predicted molar refractivity (Wildman–Crippen MR) is 38.6 cm³/mol. The van der Waals surface area contributed by atoms with Gasteiger partial charge < -0.3 is 0 Å². The molecular weight excluding hydrogens is 96.1 g/mol. The first kappa shape index (κ1) is 7.61. The molecule has 0 atom stereocenters. The van der Waals surface area contributed by atoms with Gasteiger partial charge >= 0.3 is 0 Å². The van der Waals surface area contributed by atoms with Crippen LogP contribution in [0.5, 0.6) is 0 Å². The quantitative estimate of drug-likeness (QED) is 0.491. The molecule has 0 nitrogen and oxygen atoms in total. The summed E-state index contributed by atoms with van der Waals surface area (Å²) >= 11 is 0. The Balaban J connectivity index is 3.33. The summed E-state index contributed by atoms with van der Waals surface area (Å²) in [6.45, 7) is 10.3. The SMILES string of the molecule is C=C([CH-]CC)C(C)C. The van der Waals surface area contributed by atoms with Crippen LogP contribution in [-0.4, -0.2) is 0 Å². The van der Waals surface area contributed by atoms with Crippen molar-refractivity contribution in [2.24, 2.45) is 5.92 Å². The molecule has 0 amide bonds. The molecule has 0 aromatic heterocycles. The zero-order valence-corrected chi connectivity index (χ0v) is 6.07. The lowest BCUT2D eigenvalue weighted by atomic mass is 10.0. The summed E-state index contributed by atoms with van der Waals surface area (Å²) in [6, 6.07) is 0. The van der Waals surface area contributed by atoms with E-state index in [1.807, 2.05) is 0 Å². The van der Waals surface area contributed by atoms with E-state index in [0.29, 0.717) is 5.92 Å². The molecule has 0 aliphatic carbocycles. The van der Waals surface area contributed by atoms with Crippen LogP contribution in [0.2, 0.25) is 0 Å². The topological polar surface area (TPSA) is 0 Å². The van der Waals surface area contributed by atoms with Gasteiger partial charge in [-0.2, -0.15) is 0 Å². The van der Waals surface area contributed by atoms with Crippen molar-refractivity contribution in [1.29, 1.82) is 0 Å². The predicted octanol–water partition coefficient (Wildman–Crippen LogP) is 2.81. The van der Waals surface area contributed by atoms with Crippen LogP contribution in [0.15, 0.2) is 12.2 Å². The maximum atomic E-state index is 3.89. The van der Waals surface area contributed by atoms with Crippen molar-refractivity contribution in [2.45, 2.75) is 27.2 Å². The summed E-state index contributed by atoms with van der Waals surface area (Å²) in [4.78, 5) is 0. The Morgan fingerprint density at radius 3 is 2.25 bits per heavy atom. The number of allylic oxidation sites excluding steroid dienone is 1. The highest BCUT2D eigenvalue weighted by Crippen LogP contribution is 2.10. The van der Waals surface area contributed by atoms with Crippen molar-refractivity contribution in [3.63, 3.8) is 0 Å². The molecule has 0 aliphatic rings. The van der Waals surface area contributed by atoms with Gasteiger partial charge in [-0.3, -0.25) is 0 Å². The van der Waals surface area contributed by atoms with E-state index < -0.39 is 0 Å². The van der Waals surface area contributed by atoms with Gasteiger partial charge in [0.1, 0.15) is 0 Å². The number of hydrogen-bond acceptors (Lipinski definition) is 0. The Bertz CT molecular complexity index is 70.1. The molecule has 8 heavy (non-hydrogen) atoms. The first-order chi connectivity index (χ1) is 3.68. The van der Waals surface area contributed by atoms with E-state index in [1.165, 1.54) is 5.57 Å². The second kappa shape index (κ2) is 3.59. The Hall–Kier alpha value is -0.390. The molecule has 0 unspecified atom stereocenters. The van der Waals surface area contributed by atoms with Crippen molar-refractivity contribution in [2.75, 3.05) is 0 Å². The van der Waals surface area contributed by atoms with Crippen LogP contribution in [0.4, 0.5) is 0 Å². The van der Waals surface area contributed by atoms with E-state index in [1.54, 1.807) is 0 Å². The highest BCUT2D eigenvalue weighted by Gasteiger charge is 1.87. The van der Waals surface area contributed by atoms with Gasteiger partial charge in [-0.15, -0.1) is 6.42 Å². The fourth-order valence-corrected chi connectivity index (χ4v) is 0.498. The van der Waals surface area contributed by atoms with E-state index in [4.69, 9.17) is 0 Å². The minimum Gasteiger partial charge on any atom is -0.242 e. The van der Waals surface area contributed by atoms with Crippen LogP contribution in [-0.2, 0) is 0 Å². The van der Waals surface area contributed by atoms with Gasteiger partial charge in [-0.1, -0.05) is 26.7 Å². The smallest absolute Gasteiger partial charge is 0.0552 e. The molecule has 0 aliphatic heterocycles. The molecular formula is C8H15-. The molecule has 0 saturated carbocycles. The van der Waals surface area contributed by atoms with Gasteiger partial charge in [0.15, 0.2) is 0 Å². The lowest BCUT2D eigenvalue weighted by Crippen LogP contribution is -1.90. The van der Waals surface area contributed by atoms with Crippen LogP contribution in [0.3, 0.4) is 0 Å². The van der Waals surface area contributed by atoms with E-state index in [-0.39, 0.29) is 0 Å². The third-order valence-electron chi connectivity index (χ3n) is 1.21. The maximum absolute atomic E-state index is 3.89. The Labute approximate surface area is 52.6 Å². The van der Waals surface area contributed by atoms with Crippen LogP contribution < -0.4 is 0 Å². The largest absolute Gasteiger partial charge is 0.242 e.